The maximum Gasteiger partial charge on any atom is 0.354 e. The number of amides is 1. The maximum absolute atomic E-state index is 12.0. The molecule has 2 aromatic rings. The third kappa shape index (κ3) is 2.88. The molecule has 7 heteroatoms. The minimum atomic E-state index is -1.20. The van der Waals surface area contributed by atoms with Crippen molar-refractivity contribution < 1.29 is 14.7 Å². The number of rotatable bonds is 5. The molecule has 3 N–H and O–H groups in total. The van der Waals surface area contributed by atoms with E-state index >= 15 is 0 Å². The molecule has 0 radical (unpaired) electrons. The summed E-state index contributed by atoms with van der Waals surface area (Å²) in [6.07, 6.45) is 1.20. The predicted molar refractivity (Wildman–Crippen MR) is 75.2 cm³/mol. The first-order valence-electron chi connectivity index (χ1n) is 6.00. The number of nitrogens with one attached hydrogen (secondary N) is 2. The molecular weight excluding hydrogens is 278 g/mol. The van der Waals surface area contributed by atoms with Gasteiger partial charge in [-0.3, -0.25) is 4.79 Å². The van der Waals surface area contributed by atoms with Crippen molar-refractivity contribution in [1.29, 1.82) is 0 Å². The van der Waals surface area contributed by atoms with Crippen molar-refractivity contribution in [2.75, 3.05) is 6.54 Å². The number of aromatic nitrogens is 2. The van der Waals surface area contributed by atoms with Crippen molar-refractivity contribution in [2.24, 2.45) is 0 Å². The lowest BCUT2D eigenvalue weighted by atomic mass is 9.91. The molecule has 0 aromatic carbocycles. The third-order valence-corrected chi connectivity index (χ3v) is 4.18. The maximum atomic E-state index is 12.0. The molecule has 0 fully saturated rings. The van der Waals surface area contributed by atoms with Crippen LogP contribution in [0.15, 0.2) is 23.8 Å². The summed E-state index contributed by atoms with van der Waals surface area (Å²) in [6, 6.07) is 3.97. The summed E-state index contributed by atoms with van der Waals surface area (Å²) in [4.78, 5) is 30.3. The van der Waals surface area contributed by atoms with Crippen LogP contribution in [0.4, 0.5) is 0 Å². The van der Waals surface area contributed by atoms with Gasteiger partial charge < -0.3 is 15.4 Å². The summed E-state index contributed by atoms with van der Waals surface area (Å²) in [5.41, 5.74) is -0.514. The summed E-state index contributed by atoms with van der Waals surface area (Å²) in [5, 5.41) is 13.6. The number of imidazole rings is 1. The number of nitrogens with zero attached hydrogens (tertiary/aromatic N) is 1. The Morgan fingerprint density at radius 2 is 2.25 bits per heavy atom. The first-order chi connectivity index (χ1) is 9.42. The standard InChI is InChI=1S/C13H15N3O3S/c1-13(2,8-4-3-5-20-8)6-14-11(17)9-10(12(18)19)16-7-15-9/h3-5,7H,6H2,1-2H3,(H,14,17)(H,15,16)(H,18,19). The van der Waals surface area contributed by atoms with E-state index in [0.29, 0.717) is 6.54 Å². The van der Waals surface area contributed by atoms with E-state index in [1.807, 2.05) is 31.4 Å². The molecule has 0 saturated heterocycles. The van der Waals surface area contributed by atoms with Gasteiger partial charge in [0.25, 0.3) is 5.91 Å². The summed E-state index contributed by atoms with van der Waals surface area (Å²) in [7, 11) is 0. The predicted octanol–water partition coefficient (Wildman–Crippen LogP) is 1.88. The highest BCUT2D eigenvalue weighted by atomic mass is 32.1. The highest BCUT2D eigenvalue weighted by Gasteiger charge is 2.25. The highest BCUT2D eigenvalue weighted by molar-refractivity contribution is 7.10. The van der Waals surface area contributed by atoms with Crippen molar-refractivity contribution in [1.82, 2.24) is 15.3 Å². The number of carboxylic acid groups (broad SMARTS) is 1. The molecule has 0 saturated carbocycles. The monoisotopic (exact) mass is 293 g/mol. The SMILES string of the molecule is CC(C)(CNC(=O)c1nc[nH]c1C(=O)O)c1cccs1. The number of carboxylic acids is 1. The fraction of sp³-hybridized carbons (Fsp3) is 0.308. The topological polar surface area (TPSA) is 95.1 Å². The Bertz CT molecular complexity index is 617. The molecule has 20 heavy (non-hydrogen) atoms. The van der Waals surface area contributed by atoms with Crippen LogP contribution in [0.5, 0.6) is 0 Å². The third-order valence-electron chi connectivity index (χ3n) is 2.95. The zero-order valence-electron chi connectivity index (χ0n) is 11.1. The van der Waals surface area contributed by atoms with E-state index in [9.17, 15) is 9.59 Å². The lowest BCUT2D eigenvalue weighted by molar-refractivity contribution is 0.0685. The molecule has 0 aliphatic heterocycles. The molecule has 0 atom stereocenters. The van der Waals surface area contributed by atoms with E-state index in [1.54, 1.807) is 11.3 Å². The molecule has 2 heterocycles. The van der Waals surface area contributed by atoms with Crippen molar-refractivity contribution >= 4 is 23.2 Å². The Hall–Kier alpha value is -2.15. The Kier molecular flexibility index (Phi) is 3.89. The van der Waals surface area contributed by atoms with Gasteiger partial charge in [-0.2, -0.15) is 0 Å². The van der Waals surface area contributed by atoms with Crippen LogP contribution in [0, 0.1) is 0 Å². The molecule has 2 aromatic heterocycles. The second-order valence-electron chi connectivity index (χ2n) is 4.98. The van der Waals surface area contributed by atoms with E-state index in [-0.39, 0.29) is 16.8 Å². The van der Waals surface area contributed by atoms with Gasteiger partial charge in [0.15, 0.2) is 11.4 Å². The summed E-state index contributed by atoms with van der Waals surface area (Å²) >= 11 is 1.62. The van der Waals surface area contributed by atoms with Gasteiger partial charge in [-0.15, -0.1) is 11.3 Å². The second kappa shape index (κ2) is 5.46. The van der Waals surface area contributed by atoms with Crippen molar-refractivity contribution in [3.05, 3.63) is 40.1 Å². The molecule has 0 bridgehead atoms. The van der Waals surface area contributed by atoms with Gasteiger partial charge >= 0.3 is 5.97 Å². The van der Waals surface area contributed by atoms with Gasteiger partial charge in [0.05, 0.1) is 6.33 Å². The molecule has 6 nitrogen and oxygen atoms in total. The molecular formula is C13H15N3O3S. The summed E-state index contributed by atoms with van der Waals surface area (Å²) in [6.45, 7) is 4.43. The van der Waals surface area contributed by atoms with Gasteiger partial charge in [0.1, 0.15) is 0 Å². The van der Waals surface area contributed by atoms with Gasteiger partial charge in [0.2, 0.25) is 0 Å². The second-order valence-corrected chi connectivity index (χ2v) is 5.92. The Labute approximate surface area is 119 Å². The Balaban J connectivity index is 2.06. The number of hydrogen-bond donors (Lipinski definition) is 3. The quantitative estimate of drug-likeness (QED) is 0.784. The van der Waals surface area contributed by atoms with Gasteiger partial charge in [-0.1, -0.05) is 19.9 Å². The number of H-pyrrole nitrogens is 1. The van der Waals surface area contributed by atoms with Crippen LogP contribution in [0.2, 0.25) is 0 Å². The van der Waals surface area contributed by atoms with Gasteiger partial charge in [-0.05, 0) is 11.4 Å². The molecule has 2 rings (SSSR count). The fourth-order valence-corrected chi connectivity index (χ4v) is 2.62. The summed E-state index contributed by atoms with van der Waals surface area (Å²) < 4.78 is 0. The van der Waals surface area contributed by atoms with E-state index in [1.165, 1.54) is 6.33 Å². The van der Waals surface area contributed by atoms with Gasteiger partial charge in [0, 0.05) is 16.8 Å². The summed E-state index contributed by atoms with van der Waals surface area (Å²) in [5.74, 6) is -1.70. The number of hydrogen-bond acceptors (Lipinski definition) is 4. The zero-order valence-corrected chi connectivity index (χ0v) is 12.0. The minimum Gasteiger partial charge on any atom is -0.477 e. The minimum absolute atomic E-state index is 0.0977. The van der Waals surface area contributed by atoms with Crippen LogP contribution in [0.1, 0.15) is 39.7 Å². The van der Waals surface area contributed by atoms with Crippen LogP contribution in [0.25, 0.3) is 0 Å². The number of thiophene rings is 1. The lowest BCUT2D eigenvalue weighted by Crippen LogP contribution is -2.36. The lowest BCUT2D eigenvalue weighted by Gasteiger charge is -2.23. The van der Waals surface area contributed by atoms with Gasteiger partial charge in [-0.25, -0.2) is 9.78 Å². The van der Waals surface area contributed by atoms with E-state index in [2.05, 4.69) is 15.3 Å². The number of carbonyl (C=O) groups is 2. The van der Waals surface area contributed by atoms with Crippen LogP contribution < -0.4 is 5.32 Å². The first-order valence-corrected chi connectivity index (χ1v) is 6.88. The first kappa shape index (κ1) is 14.3. The highest BCUT2D eigenvalue weighted by Crippen LogP contribution is 2.26. The van der Waals surface area contributed by atoms with E-state index in [4.69, 9.17) is 5.11 Å². The van der Waals surface area contributed by atoms with E-state index in [0.717, 1.165) is 4.88 Å². The van der Waals surface area contributed by atoms with E-state index < -0.39 is 11.9 Å². The number of aromatic carboxylic acids is 1. The van der Waals surface area contributed by atoms with Crippen LogP contribution in [-0.4, -0.2) is 33.5 Å². The Morgan fingerprint density at radius 3 is 2.85 bits per heavy atom. The largest absolute Gasteiger partial charge is 0.477 e. The zero-order chi connectivity index (χ0) is 14.8. The van der Waals surface area contributed by atoms with Crippen LogP contribution in [0.3, 0.4) is 0 Å². The number of aromatic amines is 1. The van der Waals surface area contributed by atoms with Crippen molar-refractivity contribution in [2.45, 2.75) is 19.3 Å². The number of carbonyl (C=O) groups excluding carboxylic acids is 1. The molecule has 1 amide bonds. The van der Waals surface area contributed by atoms with Crippen LogP contribution >= 0.6 is 11.3 Å². The molecule has 106 valence electrons. The van der Waals surface area contributed by atoms with Crippen molar-refractivity contribution in [3.8, 4) is 0 Å². The Morgan fingerprint density at radius 1 is 1.50 bits per heavy atom. The average Bonchev–Trinajstić information content (AvgIpc) is 3.06. The molecule has 0 unspecified atom stereocenters. The smallest absolute Gasteiger partial charge is 0.354 e. The molecule has 0 spiro atoms. The average molecular weight is 293 g/mol. The fourth-order valence-electron chi connectivity index (χ4n) is 1.77. The normalized spacial score (nSPS) is 11.3. The molecule has 0 aliphatic rings. The molecule has 0 aliphatic carbocycles. The van der Waals surface area contributed by atoms with Crippen molar-refractivity contribution in [3.63, 3.8) is 0 Å². The van der Waals surface area contributed by atoms with Crippen LogP contribution in [-0.2, 0) is 5.41 Å².